The van der Waals surface area contributed by atoms with E-state index in [2.05, 4.69) is 48.8 Å². The number of ether oxygens (including phenoxy) is 6. The average Bonchev–Trinajstić information content (AvgIpc) is 0.784. The molecule has 560 valence electrons. The molecule has 3 fully saturated rings. The van der Waals surface area contributed by atoms with E-state index in [0.29, 0.717) is 12.8 Å². The highest BCUT2D eigenvalue weighted by Crippen LogP contribution is 2.39. The third-order valence-electron chi connectivity index (χ3n) is 18.8. The molecule has 23 heteroatoms. The molecular weight excluding hydrogens is 1240 g/mol. The lowest BCUT2D eigenvalue weighted by Crippen LogP contribution is -2.70. The molecule has 14 N–H and O–H groups in total. The molecule has 0 aromatic carbocycles. The van der Waals surface area contributed by atoms with Crippen LogP contribution in [0.4, 0.5) is 0 Å². The Labute approximate surface area is 574 Å². The van der Waals surface area contributed by atoms with E-state index >= 15 is 0 Å². The average molecular weight is 1370 g/mol. The van der Waals surface area contributed by atoms with E-state index in [9.17, 15) is 75.7 Å². The predicted molar refractivity (Wildman–Crippen MR) is 366 cm³/mol. The first-order chi connectivity index (χ1) is 46.4. The monoisotopic (exact) mass is 1370 g/mol. The molecule has 2 amide bonds. The molecule has 3 rings (SSSR count). The quantitative estimate of drug-likeness (QED) is 0.0201. The Kier molecular flexibility index (Phi) is 48.0. The van der Waals surface area contributed by atoms with Crippen LogP contribution >= 0.6 is 0 Å². The van der Waals surface area contributed by atoms with E-state index in [-0.39, 0.29) is 12.3 Å². The van der Waals surface area contributed by atoms with Crippen molar-refractivity contribution in [3.8, 4) is 0 Å². The van der Waals surface area contributed by atoms with Gasteiger partial charge in [-0.15, -0.1) is 0 Å². The molecule has 0 aromatic rings. The molecule has 3 aliphatic rings. The normalized spacial score (nSPS) is 27.8. The fourth-order valence-electron chi connectivity index (χ4n) is 12.9. The van der Waals surface area contributed by atoms with Crippen molar-refractivity contribution in [2.75, 3.05) is 26.4 Å². The second kappa shape index (κ2) is 52.9. The number of carboxylic acid groups (broad SMARTS) is 1. The van der Waals surface area contributed by atoms with Gasteiger partial charge in [-0.2, -0.15) is 0 Å². The van der Waals surface area contributed by atoms with Gasteiger partial charge in [0.05, 0.1) is 50.7 Å². The summed E-state index contributed by atoms with van der Waals surface area (Å²) in [5.41, 5.74) is 0. The van der Waals surface area contributed by atoms with E-state index < -0.39 is 155 Å². The van der Waals surface area contributed by atoms with Crippen molar-refractivity contribution in [2.24, 2.45) is 0 Å². The first-order valence-electron chi connectivity index (χ1n) is 37.4. The standard InChI is InChI=1S/C73H132N2O21/c1-4-6-8-10-12-14-16-18-20-22-24-25-26-27-29-31-33-35-37-39-41-43-45-47-60(83)75-54(55(80)46-44-42-40-38-36-34-32-30-28-23-21-19-17-15-13-11-9-7-5-2)52-91-70-65(87)64(86)67(59(51-78)93-70)94-71-66(88)69(63(85)58(50-77)92-71)96-73(72(89)90)48-56(81)61(74-53(3)79)68(95-73)62(84)57(82)49-76/h24-25,27,29,44,46,54-59,61-71,76-78,80-82,84-88H,4-23,26,28,30-43,45,47-52H2,1-3H3,(H,74,79)(H,75,83)(H,89,90)/b25-24-,29-27-,46-44+. The number of aliphatic hydroxyl groups excluding tert-OH is 11. The van der Waals surface area contributed by atoms with Crippen LogP contribution in [0.3, 0.4) is 0 Å². The lowest BCUT2D eigenvalue weighted by molar-refractivity contribution is -0.386. The molecule has 0 radical (unpaired) electrons. The van der Waals surface area contributed by atoms with Gasteiger partial charge in [0.1, 0.15) is 67.1 Å². The summed E-state index contributed by atoms with van der Waals surface area (Å²) in [5.74, 6) is -6.15. The van der Waals surface area contributed by atoms with Gasteiger partial charge >= 0.3 is 5.97 Å². The maximum atomic E-state index is 13.5. The first-order valence-corrected chi connectivity index (χ1v) is 37.4. The summed E-state index contributed by atoms with van der Waals surface area (Å²) in [5, 5.41) is 136. The minimum Gasteiger partial charge on any atom is -0.477 e. The van der Waals surface area contributed by atoms with Crippen LogP contribution in [0, 0.1) is 0 Å². The van der Waals surface area contributed by atoms with Crippen molar-refractivity contribution < 1.29 is 104 Å². The molecular formula is C73H132N2O21. The Morgan fingerprint density at radius 3 is 1.47 bits per heavy atom. The van der Waals surface area contributed by atoms with E-state index in [1.54, 1.807) is 6.08 Å². The minimum atomic E-state index is -3.08. The summed E-state index contributed by atoms with van der Waals surface area (Å²) in [6, 6.07) is -2.63. The van der Waals surface area contributed by atoms with Gasteiger partial charge < -0.3 is 100 Å². The van der Waals surface area contributed by atoms with Gasteiger partial charge in [-0.3, -0.25) is 9.59 Å². The van der Waals surface area contributed by atoms with E-state index in [4.69, 9.17) is 28.4 Å². The van der Waals surface area contributed by atoms with Gasteiger partial charge in [-0.05, 0) is 51.4 Å². The van der Waals surface area contributed by atoms with Crippen molar-refractivity contribution in [1.82, 2.24) is 10.6 Å². The van der Waals surface area contributed by atoms with Crippen molar-refractivity contribution in [3.05, 3.63) is 36.5 Å². The number of carbonyl (C=O) groups excluding carboxylic acids is 2. The van der Waals surface area contributed by atoms with Gasteiger partial charge in [0, 0.05) is 19.8 Å². The van der Waals surface area contributed by atoms with Crippen LogP contribution < -0.4 is 10.6 Å². The van der Waals surface area contributed by atoms with Crippen LogP contribution in [0.1, 0.15) is 271 Å². The van der Waals surface area contributed by atoms with Crippen molar-refractivity contribution in [3.63, 3.8) is 0 Å². The van der Waals surface area contributed by atoms with E-state index in [1.807, 2.05) is 6.08 Å². The SMILES string of the molecule is CCCCCCCCCCC/C=C\C/C=C\CCCCCCCCCC(=O)NC(COC1OC(CO)C(OC2OC(CO)C(O)C(OC3(C(=O)O)CC(O)C(NC(C)=O)C(C(O)C(O)CO)O3)C2O)C(O)C1O)C(O)/C=C/CCCCCCCCCCCCCCCCCCC. The fraction of sp³-hybridized carbons (Fsp3) is 0.877. The summed E-state index contributed by atoms with van der Waals surface area (Å²) in [7, 11) is 0. The zero-order valence-electron chi connectivity index (χ0n) is 58.7. The summed E-state index contributed by atoms with van der Waals surface area (Å²) >= 11 is 0. The zero-order valence-corrected chi connectivity index (χ0v) is 58.7. The smallest absolute Gasteiger partial charge is 0.364 e. The third-order valence-corrected chi connectivity index (χ3v) is 18.8. The van der Waals surface area contributed by atoms with Crippen LogP contribution in [0.5, 0.6) is 0 Å². The molecule has 0 saturated carbocycles. The van der Waals surface area contributed by atoms with E-state index in [1.165, 1.54) is 148 Å². The molecule has 3 aliphatic heterocycles. The maximum Gasteiger partial charge on any atom is 0.364 e. The summed E-state index contributed by atoms with van der Waals surface area (Å²) in [6.45, 7) is 2.15. The van der Waals surface area contributed by atoms with Crippen molar-refractivity contribution in [2.45, 2.75) is 381 Å². The molecule has 18 unspecified atom stereocenters. The molecule has 23 nitrogen and oxygen atoms in total. The molecule has 0 bridgehead atoms. The number of hydrogen-bond donors (Lipinski definition) is 14. The molecule has 0 spiro atoms. The number of carboxylic acids is 1. The molecule has 3 saturated heterocycles. The Morgan fingerprint density at radius 1 is 0.552 bits per heavy atom. The number of nitrogens with one attached hydrogen (secondary N) is 2. The topological polar surface area (TPSA) is 373 Å². The first kappa shape index (κ1) is 87.2. The lowest BCUT2D eigenvalue weighted by Gasteiger charge is -2.50. The van der Waals surface area contributed by atoms with Crippen molar-refractivity contribution in [1.29, 1.82) is 0 Å². The maximum absolute atomic E-state index is 13.5. The largest absolute Gasteiger partial charge is 0.477 e. The Morgan fingerprint density at radius 2 is 1.01 bits per heavy atom. The fourth-order valence-corrected chi connectivity index (χ4v) is 12.9. The third kappa shape index (κ3) is 34.1. The van der Waals surface area contributed by atoms with Crippen LogP contribution in [0.25, 0.3) is 0 Å². The van der Waals surface area contributed by atoms with E-state index in [0.717, 1.165) is 84.0 Å². The summed E-state index contributed by atoms with van der Waals surface area (Å²) in [4.78, 5) is 38.6. The number of amides is 2. The molecule has 18 atom stereocenters. The molecule has 0 aliphatic carbocycles. The van der Waals surface area contributed by atoms with Gasteiger partial charge in [-0.25, -0.2) is 4.79 Å². The zero-order chi connectivity index (χ0) is 70.4. The number of allylic oxidation sites excluding steroid dienone is 5. The highest BCUT2D eigenvalue weighted by Gasteiger charge is 2.60. The minimum absolute atomic E-state index is 0.191. The van der Waals surface area contributed by atoms with Crippen LogP contribution in [0.2, 0.25) is 0 Å². The lowest BCUT2D eigenvalue weighted by atomic mass is 9.88. The Hall–Kier alpha value is -3.05. The van der Waals surface area contributed by atoms with Crippen LogP contribution in [-0.4, -0.2) is 215 Å². The highest BCUT2D eigenvalue weighted by molar-refractivity contribution is 5.77. The highest BCUT2D eigenvalue weighted by atomic mass is 16.8. The molecule has 0 aromatic heterocycles. The van der Waals surface area contributed by atoms with Crippen molar-refractivity contribution >= 4 is 17.8 Å². The van der Waals surface area contributed by atoms with Crippen LogP contribution in [-0.2, 0) is 42.8 Å². The van der Waals surface area contributed by atoms with Gasteiger partial charge in [-0.1, -0.05) is 237 Å². The number of rotatable bonds is 57. The van der Waals surface area contributed by atoms with Crippen LogP contribution in [0.15, 0.2) is 36.5 Å². The number of unbranched alkanes of at least 4 members (excludes halogenated alkanes) is 33. The predicted octanol–water partition coefficient (Wildman–Crippen LogP) is 8.18. The second-order valence-electron chi connectivity index (χ2n) is 27.2. The Bertz CT molecular complexity index is 2070. The number of aliphatic carboxylic acids is 1. The Balaban J connectivity index is 1.57. The van der Waals surface area contributed by atoms with Gasteiger partial charge in [0.25, 0.3) is 5.79 Å². The molecule has 3 heterocycles. The number of aliphatic hydroxyl groups is 11. The van der Waals surface area contributed by atoms with Gasteiger partial charge in [0.15, 0.2) is 12.6 Å². The molecule has 96 heavy (non-hydrogen) atoms. The second-order valence-corrected chi connectivity index (χ2v) is 27.2. The number of carbonyl (C=O) groups is 3. The number of hydrogen-bond acceptors (Lipinski definition) is 20. The summed E-state index contributed by atoms with van der Waals surface area (Å²) < 4.78 is 34.8. The summed E-state index contributed by atoms with van der Waals surface area (Å²) in [6.07, 6.45) is 27.5. The van der Waals surface area contributed by atoms with Gasteiger partial charge in [0.2, 0.25) is 11.8 Å².